The molecule has 1 aromatic carbocycles. The molecule has 21 heavy (non-hydrogen) atoms. The zero-order chi connectivity index (χ0) is 16.0. The second kappa shape index (κ2) is 7.02. The van der Waals surface area contributed by atoms with Crippen LogP contribution in [-0.2, 0) is 24.7 Å². The van der Waals surface area contributed by atoms with Crippen molar-refractivity contribution in [3.05, 3.63) is 35.9 Å². The van der Waals surface area contributed by atoms with Gasteiger partial charge in [0.05, 0.1) is 0 Å². The van der Waals surface area contributed by atoms with Gasteiger partial charge in [0.15, 0.2) is 0 Å². The molecule has 0 bridgehead atoms. The maximum atomic E-state index is 11.8. The number of amides is 1. The minimum absolute atomic E-state index is 0.326. The van der Waals surface area contributed by atoms with Crippen LogP contribution in [0.1, 0.15) is 33.3 Å². The molecule has 0 aliphatic rings. The Morgan fingerprint density at radius 3 is 2.24 bits per heavy atom. The van der Waals surface area contributed by atoms with E-state index in [2.05, 4.69) is 5.32 Å². The van der Waals surface area contributed by atoms with E-state index < -0.39 is 29.2 Å². The first-order valence-corrected chi connectivity index (χ1v) is 6.83. The molecule has 0 spiro atoms. The van der Waals surface area contributed by atoms with Crippen LogP contribution in [0.4, 0.5) is 0 Å². The molecule has 0 heterocycles. The highest BCUT2D eigenvalue weighted by molar-refractivity contribution is 6.37. The first-order valence-electron chi connectivity index (χ1n) is 6.83. The van der Waals surface area contributed by atoms with E-state index in [1.807, 2.05) is 30.3 Å². The molecule has 0 radical (unpaired) electrons. The first kappa shape index (κ1) is 16.9. The average Bonchev–Trinajstić information content (AvgIpc) is 2.44. The van der Waals surface area contributed by atoms with Crippen molar-refractivity contribution in [2.45, 2.75) is 33.3 Å². The van der Waals surface area contributed by atoms with E-state index in [0.717, 1.165) is 5.56 Å². The molecule has 0 saturated heterocycles. The quantitative estimate of drug-likeness (QED) is 0.641. The van der Waals surface area contributed by atoms with Gasteiger partial charge in [0.1, 0.15) is 12.1 Å². The summed E-state index contributed by atoms with van der Waals surface area (Å²) in [5.41, 5.74) is 0.0495. The summed E-state index contributed by atoms with van der Waals surface area (Å²) in [7, 11) is 0. The van der Waals surface area contributed by atoms with Gasteiger partial charge in [-0.3, -0.25) is 14.4 Å². The summed E-state index contributed by atoms with van der Waals surface area (Å²) in [4.78, 5) is 34.6. The molecule has 0 aromatic heterocycles. The number of hydrogen-bond donors (Lipinski definition) is 1. The zero-order valence-electron chi connectivity index (χ0n) is 12.8. The maximum absolute atomic E-state index is 11.8. The summed E-state index contributed by atoms with van der Waals surface area (Å²) in [6.07, 6.45) is 0. The number of hydrogen-bond acceptors (Lipinski definition) is 4. The van der Waals surface area contributed by atoms with Crippen LogP contribution in [0.2, 0.25) is 0 Å². The monoisotopic (exact) mass is 291 g/mol. The molecular weight excluding hydrogens is 270 g/mol. The number of nitrogens with one attached hydrogen (secondary N) is 1. The number of carbonyl (C=O) groups is 3. The van der Waals surface area contributed by atoms with Gasteiger partial charge in [-0.15, -0.1) is 0 Å². The van der Waals surface area contributed by atoms with E-state index in [1.54, 1.807) is 27.7 Å². The second-order valence-corrected chi connectivity index (χ2v) is 5.55. The fourth-order valence-corrected chi connectivity index (χ4v) is 1.72. The number of esters is 1. The molecule has 1 rings (SSSR count). The van der Waals surface area contributed by atoms with Crippen LogP contribution in [0.15, 0.2) is 30.3 Å². The van der Waals surface area contributed by atoms with Crippen LogP contribution in [0, 0.1) is 5.92 Å². The lowest BCUT2D eigenvalue weighted by Gasteiger charge is -2.25. The predicted molar refractivity (Wildman–Crippen MR) is 78.4 cm³/mol. The molecule has 0 aliphatic carbocycles. The molecule has 5 heteroatoms. The van der Waals surface area contributed by atoms with Crippen LogP contribution in [-0.4, -0.2) is 24.2 Å². The number of rotatable bonds is 6. The number of benzene rings is 1. The van der Waals surface area contributed by atoms with E-state index in [-0.39, 0.29) is 6.54 Å². The summed E-state index contributed by atoms with van der Waals surface area (Å²) in [6, 6.07) is 9.30. The molecule has 1 amide bonds. The minimum atomic E-state index is -0.800. The molecule has 0 unspecified atom stereocenters. The van der Waals surface area contributed by atoms with Gasteiger partial charge in [-0.1, -0.05) is 44.2 Å². The smallest absolute Gasteiger partial charge is 0.326 e. The fraction of sp³-hybridized carbons (Fsp3) is 0.438. The maximum Gasteiger partial charge on any atom is 0.326 e. The third-order valence-corrected chi connectivity index (χ3v) is 2.98. The van der Waals surface area contributed by atoms with Gasteiger partial charge >= 0.3 is 5.97 Å². The van der Waals surface area contributed by atoms with Gasteiger partial charge in [0.25, 0.3) is 5.91 Å². The van der Waals surface area contributed by atoms with Crippen molar-refractivity contribution in [3.8, 4) is 0 Å². The lowest BCUT2D eigenvalue weighted by molar-refractivity contribution is -0.157. The standard InChI is InChI=1S/C16H21NO4/c1-11(2)14(19)15(20)17-10-13(18)21-16(3,4)12-8-6-5-7-9-12/h5-9,11H,10H2,1-4H3,(H,17,20). The van der Waals surface area contributed by atoms with Crippen LogP contribution < -0.4 is 5.32 Å². The molecule has 1 aromatic rings. The normalized spacial score (nSPS) is 11.1. The summed E-state index contributed by atoms with van der Waals surface area (Å²) < 4.78 is 5.35. The van der Waals surface area contributed by atoms with Gasteiger partial charge in [0, 0.05) is 5.92 Å². The highest BCUT2D eigenvalue weighted by Gasteiger charge is 2.26. The van der Waals surface area contributed by atoms with Gasteiger partial charge in [-0.2, -0.15) is 0 Å². The van der Waals surface area contributed by atoms with Crippen molar-refractivity contribution in [1.82, 2.24) is 5.32 Å². The Balaban J connectivity index is 2.54. The van der Waals surface area contributed by atoms with Gasteiger partial charge in [0.2, 0.25) is 5.78 Å². The average molecular weight is 291 g/mol. The second-order valence-electron chi connectivity index (χ2n) is 5.55. The highest BCUT2D eigenvalue weighted by Crippen LogP contribution is 2.24. The lowest BCUT2D eigenvalue weighted by atomic mass is 9.98. The fourth-order valence-electron chi connectivity index (χ4n) is 1.72. The Bertz CT molecular complexity index is 520. The molecule has 0 fully saturated rings. The predicted octanol–water partition coefficient (Wildman–Crippen LogP) is 1.81. The highest BCUT2D eigenvalue weighted by atomic mass is 16.6. The van der Waals surface area contributed by atoms with Gasteiger partial charge in [-0.25, -0.2) is 0 Å². The van der Waals surface area contributed by atoms with Crippen molar-refractivity contribution in [1.29, 1.82) is 0 Å². The summed E-state index contributed by atoms with van der Waals surface area (Å²) in [6.45, 7) is 6.45. The number of ketones is 1. The molecule has 0 aliphatic heterocycles. The minimum Gasteiger partial charge on any atom is -0.453 e. The number of Topliss-reactive ketones (excluding diaryl/α,β-unsaturated/α-hetero) is 1. The Labute approximate surface area is 124 Å². The molecule has 1 N–H and O–H groups in total. The SMILES string of the molecule is CC(C)C(=O)C(=O)NCC(=O)OC(C)(C)c1ccccc1. The topological polar surface area (TPSA) is 72.5 Å². The summed E-state index contributed by atoms with van der Waals surface area (Å²) >= 11 is 0. The Hall–Kier alpha value is -2.17. The van der Waals surface area contributed by atoms with E-state index >= 15 is 0 Å². The van der Waals surface area contributed by atoms with Crippen LogP contribution in [0.3, 0.4) is 0 Å². The van der Waals surface area contributed by atoms with E-state index in [4.69, 9.17) is 4.74 Å². The summed E-state index contributed by atoms with van der Waals surface area (Å²) in [5, 5.41) is 2.27. The van der Waals surface area contributed by atoms with Crippen LogP contribution in [0.25, 0.3) is 0 Å². The molecule has 0 atom stereocenters. The van der Waals surface area contributed by atoms with Crippen molar-refractivity contribution in [2.75, 3.05) is 6.54 Å². The third kappa shape index (κ3) is 5.02. The van der Waals surface area contributed by atoms with Crippen molar-refractivity contribution in [2.24, 2.45) is 5.92 Å². The molecular formula is C16H21NO4. The van der Waals surface area contributed by atoms with Crippen LogP contribution >= 0.6 is 0 Å². The molecule has 114 valence electrons. The van der Waals surface area contributed by atoms with Crippen molar-refractivity contribution < 1.29 is 19.1 Å². The largest absolute Gasteiger partial charge is 0.453 e. The van der Waals surface area contributed by atoms with E-state index in [9.17, 15) is 14.4 Å². The molecule has 0 saturated carbocycles. The lowest BCUT2D eigenvalue weighted by Crippen LogP contribution is -2.39. The molecule has 5 nitrogen and oxygen atoms in total. The van der Waals surface area contributed by atoms with E-state index in [0.29, 0.717) is 0 Å². The Kier molecular flexibility index (Phi) is 5.64. The van der Waals surface area contributed by atoms with Gasteiger partial charge < -0.3 is 10.1 Å². The Morgan fingerprint density at radius 2 is 1.71 bits per heavy atom. The third-order valence-electron chi connectivity index (χ3n) is 2.98. The first-order chi connectivity index (χ1) is 9.74. The number of ether oxygens (including phenoxy) is 1. The zero-order valence-corrected chi connectivity index (χ0v) is 12.8. The summed E-state index contributed by atoms with van der Waals surface area (Å²) in [5.74, 6) is -2.31. The van der Waals surface area contributed by atoms with Crippen molar-refractivity contribution >= 4 is 17.7 Å². The van der Waals surface area contributed by atoms with Gasteiger partial charge in [-0.05, 0) is 19.4 Å². The van der Waals surface area contributed by atoms with E-state index in [1.165, 1.54) is 0 Å². The Morgan fingerprint density at radius 1 is 1.14 bits per heavy atom. The van der Waals surface area contributed by atoms with Crippen LogP contribution in [0.5, 0.6) is 0 Å². The number of carbonyl (C=O) groups excluding carboxylic acids is 3. The van der Waals surface area contributed by atoms with Crippen molar-refractivity contribution in [3.63, 3.8) is 0 Å².